The first-order valence-corrected chi connectivity index (χ1v) is 6.49. The Hall–Kier alpha value is -1.31. The van der Waals surface area contributed by atoms with E-state index in [9.17, 15) is 4.79 Å². The fraction of sp³-hybridized carbons (Fsp3) is 0.533. The van der Waals surface area contributed by atoms with Gasteiger partial charge in [0.15, 0.2) is 0 Å². The third-order valence-electron chi connectivity index (χ3n) is 2.46. The molecule has 0 aliphatic carbocycles. The number of rotatable bonds is 4. The number of carbonyl (C=O) groups excluding carboxylic acids is 1. The van der Waals surface area contributed by atoms with Crippen LogP contribution in [0.4, 0.5) is 0 Å². The monoisotopic (exact) mass is 235 g/mol. The highest BCUT2D eigenvalue weighted by Gasteiger charge is 2.00. The Morgan fingerprint density at radius 1 is 1.18 bits per heavy atom. The highest BCUT2D eigenvalue weighted by molar-refractivity contribution is 5.75. The van der Waals surface area contributed by atoms with Gasteiger partial charge >= 0.3 is 0 Å². The molecule has 1 aromatic rings. The van der Waals surface area contributed by atoms with Gasteiger partial charge in [-0.15, -0.1) is 0 Å². The molecule has 0 unspecified atom stereocenters. The van der Waals surface area contributed by atoms with E-state index >= 15 is 0 Å². The smallest absolute Gasteiger partial charge is 0.219 e. The molecular weight excluding hydrogens is 210 g/mol. The van der Waals surface area contributed by atoms with E-state index in [-0.39, 0.29) is 5.91 Å². The molecule has 1 amide bonds. The van der Waals surface area contributed by atoms with Crippen LogP contribution in [-0.4, -0.2) is 5.91 Å². The maximum atomic E-state index is 11.0. The molecule has 2 heteroatoms. The number of carbonyl (C=O) groups is 1. The second kappa shape index (κ2) is 8.80. The summed E-state index contributed by atoms with van der Waals surface area (Å²) in [5, 5.41) is 2.86. The molecule has 0 bridgehead atoms. The van der Waals surface area contributed by atoms with Crippen molar-refractivity contribution in [2.75, 3.05) is 0 Å². The lowest BCUT2D eigenvalue weighted by atomic mass is 10.0. The van der Waals surface area contributed by atoms with Crippen LogP contribution >= 0.6 is 0 Å². The van der Waals surface area contributed by atoms with Crippen LogP contribution in [0.2, 0.25) is 0 Å². The van der Waals surface area contributed by atoms with Crippen molar-refractivity contribution in [2.24, 2.45) is 0 Å². The van der Waals surface area contributed by atoms with Crippen molar-refractivity contribution in [2.45, 2.75) is 53.5 Å². The van der Waals surface area contributed by atoms with Gasteiger partial charge in [-0.1, -0.05) is 58.9 Å². The minimum Gasteiger partial charge on any atom is -0.352 e. The van der Waals surface area contributed by atoms with E-state index < -0.39 is 0 Å². The lowest BCUT2D eigenvalue weighted by molar-refractivity contribution is -0.120. The maximum Gasteiger partial charge on any atom is 0.219 e. The van der Waals surface area contributed by atoms with Gasteiger partial charge in [0.25, 0.3) is 0 Å². The predicted octanol–water partition coefficient (Wildman–Crippen LogP) is 3.86. The largest absolute Gasteiger partial charge is 0.352 e. The van der Waals surface area contributed by atoms with Crippen molar-refractivity contribution in [3.05, 3.63) is 35.4 Å². The van der Waals surface area contributed by atoms with Crippen LogP contribution < -0.4 is 5.32 Å². The third-order valence-corrected chi connectivity index (χ3v) is 2.46. The Kier molecular flexibility index (Phi) is 8.12. The Morgan fingerprint density at radius 2 is 1.71 bits per heavy atom. The van der Waals surface area contributed by atoms with Crippen LogP contribution in [0.1, 0.15) is 58.1 Å². The van der Waals surface area contributed by atoms with Gasteiger partial charge in [-0.05, 0) is 17.0 Å². The molecule has 96 valence electrons. The predicted molar refractivity (Wildman–Crippen MR) is 74.0 cm³/mol. The quantitative estimate of drug-likeness (QED) is 0.843. The minimum absolute atomic E-state index is 0.0999. The van der Waals surface area contributed by atoms with E-state index in [1.54, 1.807) is 0 Å². The van der Waals surface area contributed by atoms with Gasteiger partial charge < -0.3 is 5.32 Å². The standard InChI is InChI=1S/C13H19NO.C2H6/c1-4-13(15)14-9-11-5-7-12(8-6-11)10(2)3;1-2/h5-8,10H,4,9H2,1-3H3,(H,14,15);1-2H3. The summed E-state index contributed by atoms with van der Waals surface area (Å²) in [5.41, 5.74) is 2.49. The molecule has 0 fully saturated rings. The topological polar surface area (TPSA) is 29.1 Å². The fourth-order valence-corrected chi connectivity index (χ4v) is 1.35. The molecule has 1 rings (SSSR count). The van der Waals surface area contributed by atoms with Crippen LogP contribution in [-0.2, 0) is 11.3 Å². The second-order valence-electron chi connectivity index (χ2n) is 4.03. The van der Waals surface area contributed by atoms with E-state index in [2.05, 4.69) is 43.4 Å². The molecule has 0 saturated heterocycles. The molecule has 0 radical (unpaired) electrons. The number of benzene rings is 1. The van der Waals surface area contributed by atoms with Crippen molar-refractivity contribution in [3.8, 4) is 0 Å². The van der Waals surface area contributed by atoms with Crippen molar-refractivity contribution < 1.29 is 4.79 Å². The highest BCUT2D eigenvalue weighted by Crippen LogP contribution is 2.14. The van der Waals surface area contributed by atoms with E-state index in [0.29, 0.717) is 18.9 Å². The molecule has 17 heavy (non-hydrogen) atoms. The molecule has 0 saturated carbocycles. The zero-order chi connectivity index (χ0) is 13.3. The minimum atomic E-state index is 0.0999. The first-order chi connectivity index (χ1) is 8.13. The van der Waals surface area contributed by atoms with E-state index in [1.807, 2.05) is 20.8 Å². The molecule has 1 aromatic carbocycles. The summed E-state index contributed by atoms with van der Waals surface area (Å²) in [4.78, 5) is 11.0. The molecule has 0 aliphatic rings. The first kappa shape index (κ1) is 15.7. The summed E-state index contributed by atoms with van der Waals surface area (Å²) >= 11 is 0. The Balaban J connectivity index is 0.00000121. The van der Waals surface area contributed by atoms with Gasteiger partial charge in [0.2, 0.25) is 5.91 Å². The summed E-state index contributed by atoms with van der Waals surface area (Å²) in [6, 6.07) is 8.40. The molecular formula is C15H25NO. The Labute approximate surface area is 105 Å². The lowest BCUT2D eigenvalue weighted by Gasteiger charge is -2.07. The fourth-order valence-electron chi connectivity index (χ4n) is 1.35. The van der Waals surface area contributed by atoms with Crippen molar-refractivity contribution >= 4 is 5.91 Å². The number of amides is 1. The van der Waals surface area contributed by atoms with Crippen LogP contribution in [0.15, 0.2) is 24.3 Å². The average Bonchev–Trinajstić information content (AvgIpc) is 2.38. The molecule has 1 N–H and O–H groups in total. The van der Waals surface area contributed by atoms with Gasteiger partial charge in [-0.3, -0.25) is 4.79 Å². The molecule has 0 spiro atoms. The molecule has 0 heterocycles. The molecule has 2 nitrogen and oxygen atoms in total. The molecule has 0 aliphatic heterocycles. The van der Waals surface area contributed by atoms with E-state index in [0.717, 1.165) is 5.56 Å². The second-order valence-corrected chi connectivity index (χ2v) is 4.03. The van der Waals surface area contributed by atoms with Gasteiger partial charge in [0, 0.05) is 13.0 Å². The number of nitrogens with one attached hydrogen (secondary N) is 1. The Morgan fingerprint density at radius 3 is 2.12 bits per heavy atom. The third kappa shape index (κ3) is 6.10. The van der Waals surface area contributed by atoms with Gasteiger partial charge in [-0.2, -0.15) is 0 Å². The SMILES string of the molecule is CC.CCC(=O)NCc1ccc(C(C)C)cc1. The van der Waals surface area contributed by atoms with Crippen LogP contribution in [0.3, 0.4) is 0 Å². The normalized spacial score (nSPS) is 9.53. The summed E-state index contributed by atoms with van der Waals surface area (Å²) in [7, 11) is 0. The molecule has 0 atom stereocenters. The number of hydrogen-bond donors (Lipinski definition) is 1. The van der Waals surface area contributed by atoms with Gasteiger partial charge in [0.05, 0.1) is 0 Å². The zero-order valence-corrected chi connectivity index (χ0v) is 11.7. The maximum absolute atomic E-state index is 11.0. The van der Waals surface area contributed by atoms with Crippen LogP contribution in [0, 0.1) is 0 Å². The van der Waals surface area contributed by atoms with E-state index in [4.69, 9.17) is 0 Å². The Bertz CT molecular complexity index is 314. The van der Waals surface area contributed by atoms with Crippen molar-refractivity contribution in [1.29, 1.82) is 0 Å². The molecule has 0 aromatic heterocycles. The number of hydrogen-bond acceptors (Lipinski definition) is 1. The van der Waals surface area contributed by atoms with Crippen molar-refractivity contribution in [1.82, 2.24) is 5.32 Å². The van der Waals surface area contributed by atoms with Crippen molar-refractivity contribution in [3.63, 3.8) is 0 Å². The summed E-state index contributed by atoms with van der Waals surface area (Å²) in [5.74, 6) is 0.659. The zero-order valence-electron chi connectivity index (χ0n) is 11.7. The summed E-state index contributed by atoms with van der Waals surface area (Å²) < 4.78 is 0. The highest BCUT2D eigenvalue weighted by atomic mass is 16.1. The van der Waals surface area contributed by atoms with E-state index in [1.165, 1.54) is 5.56 Å². The first-order valence-electron chi connectivity index (χ1n) is 6.49. The summed E-state index contributed by atoms with van der Waals surface area (Å²) in [6.45, 7) is 10.8. The van der Waals surface area contributed by atoms with Gasteiger partial charge in [-0.25, -0.2) is 0 Å². The average molecular weight is 235 g/mol. The van der Waals surface area contributed by atoms with Crippen LogP contribution in [0.5, 0.6) is 0 Å². The van der Waals surface area contributed by atoms with Gasteiger partial charge in [0.1, 0.15) is 0 Å². The van der Waals surface area contributed by atoms with Crippen LogP contribution in [0.25, 0.3) is 0 Å². The lowest BCUT2D eigenvalue weighted by Crippen LogP contribution is -2.21. The summed E-state index contributed by atoms with van der Waals surface area (Å²) in [6.07, 6.45) is 0.546.